The van der Waals surface area contributed by atoms with Gasteiger partial charge in [-0.1, -0.05) is 0 Å². The Morgan fingerprint density at radius 2 is 1.73 bits per heavy atom. The zero-order valence-electron chi connectivity index (χ0n) is 6.18. The second-order valence-electron chi connectivity index (χ2n) is 2.31. The highest BCUT2D eigenvalue weighted by Crippen LogP contribution is 2.11. The minimum atomic E-state index is -1.52. The average molecular weight is 165 g/mol. The Morgan fingerprint density at radius 3 is 2.00 bits per heavy atom. The Balaban J connectivity index is 3.90. The Morgan fingerprint density at radius 1 is 1.27 bits per heavy atom. The van der Waals surface area contributed by atoms with E-state index in [-0.39, 0.29) is 0 Å². The van der Waals surface area contributed by atoms with Gasteiger partial charge >= 0.3 is 0 Å². The summed E-state index contributed by atoms with van der Waals surface area (Å²) in [5.41, 5.74) is 0. The van der Waals surface area contributed by atoms with Crippen molar-refractivity contribution in [3.05, 3.63) is 6.10 Å². The molecule has 0 amide bonds. The van der Waals surface area contributed by atoms with E-state index in [1.807, 2.05) is 0 Å². The fourth-order valence-electron chi connectivity index (χ4n) is 0.538. The molecule has 3 atom stereocenters. The van der Waals surface area contributed by atoms with Gasteiger partial charge in [0.2, 0.25) is 0 Å². The average Bonchev–Trinajstić information content (AvgIpc) is 2.00. The van der Waals surface area contributed by atoms with Gasteiger partial charge in [0.1, 0.15) is 12.2 Å². The van der Waals surface area contributed by atoms with E-state index < -0.39 is 31.0 Å². The third-order valence-corrected chi connectivity index (χ3v) is 1.27. The van der Waals surface area contributed by atoms with Gasteiger partial charge in [0.25, 0.3) is 0 Å². The lowest BCUT2D eigenvalue weighted by Crippen LogP contribution is -2.38. The van der Waals surface area contributed by atoms with E-state index in [9.17, 15) is 0 Å². The SMILES string of the molecule is CC(O)C(O)[C](O)C(O)CO. The van der Waals surface area contributed by atoms with E-state index in [0.717, 1.165) is 0 Å². The quantitative estimate of drug-likeness (QED) is 0.331. The van der Waals surface area contributed by atoms with Crippen LogP contribution in [0.4, 0.5) is 0 Å². The van der Waals surface area contributed by atoms with Crippen molar-refractivity contribution >= 4 is 0 Å². The standard InChI is InChI=1S/C6H13O5/c1-3(8)5(10)6(11)4(9)2-7/h3-5,7-11H,2H2,1H3. The molecule has 5 nitrogen and oxygen atoms in total. The zero-order valence-corrected chi connectivity index (χ0v) is 6.18. The lowest BCUT2D eigenvalue weighted by atomic mass is 10.1. The summed E-state index contributed by atoms with van der Waals surface area (Å²) in [6.07, 6.45) is -4.91. The summed E-state index contributed by atoms with van der Waals surface area (Å²) in [6, 6.07) is 0. The van der Waals surface area contributed by atoms with Crippen molar-refractivity contribution in [2.45, 2.75) is 25.2 Å². The zero-order chi connectivity index (χ0) is 9.02. The van der Waals surface area contributed by atoms with Gasteiger partial charge in [0.05, 0.1) is 12.7 Å². The minimum Gasteiger partial charge on any atom is -0.394 e. The van der Waals surface area contributed by atoms with Crippen molar-refractivity contribution in [2.24, 2.45) is 0 Å². The molecule has 0 aliphatic heterocycles. The molecule has 0 aromatic carbocycles. The second-order valence-corrected chi connectivity index (χ2v) is 2.31. The van der Waals surface area contributed by atoms with Gasteiger partial charge in [-0.15, -0.1) is 0 Å². The molecule has 0 fully saturated rings. The van der Waals surface area contributed by atoms with Gasteiger partial charge in [-0.2, -0.15) is 0 Å². The molecule has 5 heteroatoms. The molecular weight excluding hydrogens is 152 g/mol. The highest BCUT2D eigenvalue weighted by atomic mass is 16.4. The van der Waals surface area contributed by atoms with Gasteiger partial charge in [0, 0.05) is 0 Å². The fourth-order valence-corrected chi connectivity index (χ4v) is 0.538. The predicted octanol–water partition coefficient (Wildman–Crippen LogP) is -2.01. The molecule has 0 aliphatic carbocycles. The van der Waals surface area contributed by atoms with Crippen LogP contribution in [-0.2, 0) is 0 Å². The first-order valence-electron chi connectivity index (χ1n) is 3.21. The van der Waals surface area contributed by atoms with Crippen LogP contribution >= 0.6 is 0 Å². The molecule has 0 heterocycles. The molecule has 5 N–H and O–H groups in total. The van der Waals surface area contributed by atoms with Crippen LogP contribution in [0.2, 0.25) is 0 Å². The topological polar surface area (TPSA) is 101 Å². The summed E-state index contributed by atoms with van der Waals surface area (Å²) in [6.45, 7) is 0.570. The molecule has 0 saturated heterocycles. The highest BCUT2D eigenvalue weighted by Gasteiger charge is 2.28. The Labute approximate surface area is 64.5 Å². The van der Waals surface area contributed by atoms with Gasteiger partial charge in [-0.25, -0.2) is 0 Å². The molecule has 0 spiro atoms. The summed E-state index contributed by atoms with van der Waals surface area (Å²) >= 11 is 0. The van der Waals surface area contributed by atoms with Crippen LogP contribution in [0.15, 0.2) is 0 Å². The van der Waals surface area contributed by atoms with Crippen molar-refractivity contribution in [1.82, 2.24) is 0 Å². The van der Waals surface area contributed by atoms with E-state index in [2.05, 4.69) is 0 Å². The molecule has 0 bridgehead atoms. The van der Waals surface area contributed by atoms with Crippen LogP contribution in [0, 0.1) is 6.10 Å². The predicted molar refractivity (Wildman–Crippen MR) is 36.0 cm³/mol. The normalized spacial score (nSPS) is 19.9. The van der Waals surface area contributed by atoms with Crippen molar-refractivity contribution < 1.29 is 25.5 Å². The Bertz CT molecular complexity index is 105. The summed E-state index contributed by atoms with van der Waals surface area (Å²) < 4.78 is 0. The van der Waals surface area contributed by atoms with E-state index in [1.54, 1.807) is 0 Å². The molecule has 3 unspecified atom stereocenters. The maximum atomic E-state index is 8.89. The van der Waals surface area contributed by atoms with Gasteiger partial charge < -0.3 is 25.5 Å². The molecular formula is C6H13O5. The monoisotopic (exact) mass is 165 g/mol. The van der Waals surface area contributed by atoms with Crippen molar-refractivity contribution in [1.29, 1.82) is 0 Å². The number of rotatable bonds is 4. The highest BCUT2D eigenvalue weighted by molar-refractivity contribution is 4.94. The molecule has 0 aliphatic rings. The van der Waals surface area contributed by atoms with Crippen LogP contribution in [-0.4, -0.2) is 50.5 Å². The van der Waals surface area contributed by atoms with E-state index in [1.165, 1.54) is 6.92 Å². The molecule has 1 radical (unpaired) electrons. The van der Waals surface area contributed by atoms with Crippen LogP contribution in [0.5, 0.6) is 0 Å². The minimum absolute atomic E-state index is 0.685. The van der Waals surface area contributed by atoms with E-state index in [4.69, 9.17) is 25.5 Å². The fraction of sp³-hybridized carbons (Fsp3) is 0.833. The van der Waals surface area contributed by atoms with Crippen LogP contribution in [0.25, 0.3) is 0 Å². The number of hydrogen-bond acceptors (Lipinski definition) is 5. The Hall–Kier alpha value is -0.200. The summed E-state index contributed by atoms with van der Waals surface area (Å²) in [7, 11) is 0. The molecule has 0 aromatic heterocycles. The summed E-state index contributed by atoms with van der Waals surface area (Å²) in [5, 5.41) is 43.5. The molecule has 67 valence electrons. The van der Waals surface area contributed by atoms with Crippen LogP contribution in [0.1, 0.15) is 6.92 Å². The van der Waals surface area contributed by atoms with Gasteiger partial charge in [0.15, 0.2) is 6.10 Å². The van der Waals surface area contributed by atoms with Crippen LogP contribution < -0.4 is 0 Å². The van der Waals surface area contributed by atoms with Crippen LogP contribution in [0.3, 0.4) is 0 Å². The third kappa shape index (κ3) is 3.13. The first-order chi connectivity index (χ1) is 5.00. The first-order valence-corrected chi connectivity index (χ1v) is 3.21. The molecule has 0 rings (SSSR count). The number of hydrogen-bond donors (Lipinski definition) is 5. The van der Waals surface area contributed by atoms with E-state index >= 15 is 0 Å². The van der Waals surface area contributed by atoms with Crippen molar-refractivity contribution in [3.8, 4) is 0 Å². The maximum absolute atomic E-state index is 8.89. The Kier molecular flexibility index (Phi) is 4.55. The second kappa shape index (κ2) is 4.63. The summed E-state index contributed by atoms with van der Waals surface area (Å²) in [5.74, 6) is 0. The third-order valence-electron chi connectivity index (χ3n) is 1.27. The first kappa shape index (κ1) is 10.8. The van der Waals surface area contributed by atoms with Crippen molar-refractivity contribution in [2.75, 3.05) is 6.61 Å². The van der Waals surface area contributed by atoms with E-state index in [0.29, 0.717) is 0 Å². The maximum Gasteiger partial charge on any atom is 0.155 e. The molecule has 11 heavy (non-hydrogen) atoms. The van der Waals surface area contributed by atoms with Gasteiger partial charge in [-0.05, 0) is 6.92 Å². The number of aliphatic hydroxyl groups is 5. The molecule has 0 saturated carbocycles. The van der Waals surface area contributed by atoms with Crippen molar-refractivity contribution in [3.63, 3.8) is 0 Å². The number of aliphatic hydroxyl groups excluding tert-OH is 5. The summed E-state index contributed by atoms with van der Waals surface area (Å²) in [4.78, 5) is 0. The lowest BCUT2D eigenvalue weighted by molar-refractivity contribution is -0.0510. The smallest absolute Gasteiger partial charge is 0.155 e. The molecule has 0 aromatic rings. The largest absolute Gasteiger partial charge is 0.394 e. The lowest BCUT2D eigenvalue weighted by Gasteiger charge is -2.21. The van der Waals surface area contributed by atoms with Gasteiger partial charge in [-0.3, -0.25) is 0 Å².